The maximum absolute atomic E-state index is 12.3. The zero-order valence-electron chi connectivity index (χ0n) is 10.0. The lowest BCUT2D eigenvalue weighted by molar-refractivity contribution is 0.0742. The van der Waals surface area contributed by atoms with Gasteiger partial charge in [-0.15, -0.1) is 0 Å². The van der Waals surface area contributed by atoms with E-state index < -0.39 is 0 Å². The van der Waals surface area contributed by atoms with E-state index in [4.69, 9.17) is 11.6 Å². The highest BCUT2D eigenvalue weighted by Gasteiger charge is 2.27. The Balaban J connectivity index is 2.08. The number of hydrogen-bond acceptors (Lipinski definition) is 2. The molecule has 3 nitrogen and oxygen atoms in total. The molecule has 0 saturated heterocycles. The lowest BCUT2D eigenvalue weighted by atomic mass is 10.2. The van der Waals surface area contributed by atoms with Gasteiger partial charge >= 0.3 is 0 Å². The molecule has 1 aromatic heterocycles. The fraction of sp³-hybridized carbons (Fsp3) is 0.538. The third-order valence-corrected chi connectivity index (χ3v) is 3.13. The Morgan fingerprint density at radius 3 is 2.94 bits per heavy atom. The summed E-state index contributed by atoms with van der Waals surface area (Å²) in [6, 6.07) is 3.32. The summed E-state index contributed by atoms with van der Waals surface area (Å²) >= 11 is 5.88. The Labute approximate surface area is 107 Å². The van der Waals surface area contributed by atoms with Crippen LogP contribution in [0.1, 0.15) is 36.7 Å². The van der Waals surface area contributed by atoms with Crippen LogP contribution in [0.5, 0.6) is 0 Å². The lowest BCUT2D eigenvalue weighted by Gasteiger charge is -2.21. The van der Waals surface area contributed by atoms with E-state index in [2.05, 4.69) is 11.9 Å². The molecule has 1 heterocycles. The van der Waals surface area contributed by atoms with Crippen molar-refractivity contribution in [2.24, 2.45) is 5.92 Å². The minimum Gasteiger partial charge on any atom is -0.337 e. The summed E-state index contributed by atoms with van der Waals surface area (Å²) in [7, 11) is 0. The Morgan fingerprint density at radius 2 is 2.35 bits per heavy atom. The average Bonchev–Trinajstić information content (AvgIpc) is 3.11. The second kappa shape index (κ2) is 5.50. The van der Waals surface area contributed by atoms with Gasteiger partial charge in [-0.3, -0.25) is 9.78 Å². The van der Waals surface area contributed by atoms with Crippen molar-refractivity contribution in [3.63, 3.8) is 0 Å². The Morgan fingerprint density at radius 1 is 1.59 bits per heavy atom. The molecule has 0 spiro atoms. The Bertz CT molecular complexity index is 404. The molecule has 1 saturated carbocycles. The van der Waals surface area contributed by atoms with Crippen LogP contribution in [-0.2, 0) is 0 Å². The molecule has 0 bridgehead atoms. The first kappa shape index (κ1) is 12.4. The molecule has 1 aromatic rings. The molecule has 17 heavy (non-hydrogen) atoms. The van der Waals surface area contributed by atoms with Crippen LogP contribution in [0.25, 0.3) is 0 Å². The normalized spacial score (nSPS) is 14.7. The van der Waals surface area contributed by atoms with E-state index in [-0.39, 0.29) is 5.91 Å². The van der Waals surface area contributed by atoms with E-state index in [0.717, 1.165) is 19.5 Å². The maximum Gasteiger partial charge on any atom is 0.272 e. The number of pyridine rings is 1. The second-order valence-corrected chi connectivity index (χ2v) is 4.99. The van der Waals surface area contributed by atoms with Gasteiger partial charge in [-0.1, -0.05) is 18.5 Å². The van der Waals surface area contributed by atoms with Gasteiger partial charge in [0.05, 0.1) is 0 Å². The minimum atomic E-state index is 0.00116. The summed E-state index contributed by atoms with van der Waals surface area (Å²) in [6.07, 6.45) is 5.04. The van der Waals surface area contributed by atoms with Crippen molar-refractivity contribution in [2.75, 3.05) is 13.1 Å². The fourth-order valence-corrected chi connectivity index (χ4v) is 2.00. The number of carbonyl (C=O) groups excluding carboxylic acids is 1. The van der Waals surface area contributed by atoms with Gasteiger partial charge in [0.25, 0.3) is 5.91 Å². The highest BCUT2D eigenvalue weighted by molar-refractivity contribution is 6.30. The van der Waals surface area contributed by atoms with Crippen molar-refractivity contribution in [2.45, 2.75) is 26.2 Å². The summed E-state index contributed by atoms with van der Waals surface area (Å²) in [5.74, 6) is 0.700. The van der Waals surface area contributed by atoms with Crippen LogP contribution in [0.3, 0.4) is 0 Å². The molecule has 0 aromatic carbocycles. The second-order valence-electron chi connectivity index (χ2n) is 4.55. The van der Waals surface area contributed by atoms with E-state index in [1.807, 2.05) is 4.90 Å². The summed E-state index contributed by atoms with van der Waals surface area (Å²) in [4.78, 5) is 18.2. The number of aromatic nitrogens is 1. The Hall–Kier alpha value is -1.09. The molecule has 1 amide bonds. The first-order valence-corrected chi connectivity index (χ1v) is 6.49. The van der Waals surface area contributed by atoms with Crippen LogP contribution in [0.2, 0.25) is 5.02 Å². The average molecular weight is 253 g/mol. The summed E-state index contributed by atoms with van der Waals surface area (Å²) in [6.45, 7) is 3.74. The predicted molar refractivity (Wildman–Crippen MR) is 68.2 cm³/mol. The summed E-state index contributed by atoms with van der Waals surface area (Å²) < 4.78 is 0. The van der Waals surface area contributed by atoms with Crippen molar-refractivity contribution in [1.82, 2.24) is 9.88 Å². The van der Waals surface area contributed by atoms with Crippen molar-refractivity contribution in [1.29, 1.82) is 0 Å². The van der Waals surface area contributed by atoms with Gasteiger partial charge in [-0.25, -0.2) is 0 Å². The smallest absolute Gasteiger partial charge is 0.272 e. The van der Waals surface area contributed by atoms with E-state index >= 15 is 0 Å². The molecular weight excluding hydrogens is 236 g/mol. The molecule has 0 aliphatic heterocycles. The molecule has 0 unspecified atom stereocenters. The maximum atomic E-state index is 12.3. The number of carbonyl (C=O) groups is 1. The molecule has 2 rings (SSSR count). The monoisotopic (exact) mass is 252 g/mol. The fourth-order valence-electron chi connectivity index (χ4n) is 1.84. The third-order valence-electron chi connectivity index (χ3n) is 2.90. The summed E-state index contributed by atoms with van der Waals surface area (Å²) in [5.41, 5.74) is 0.451. The van der Waals surface area contributed by atoms with Gasteiger partial charge in [-0.05, 0) is 37.3 Å². The number of rotatable bonds is 5. The standard InChI is InChI=1S/C13H17ClN2O/c1-2-7-16(9-10-3-4-10)13(17)12-8-11(14)5-6-15-12/h5-6,8,10H,2-4,7,9H2,1H3. The lowest BCUT2D eigenvalue weighted by Crippen LogP contribution is -2.34. The highest BCUT2D eigenvalue weighted by atomic mass is 35.5. The van der Waals surface area contributed by atoms with Crippen LogP contribution in [0.4, 0.5) is 0 Å². The largest absolute Gasteiger partial charge is 0.337 e. The topological polar surface area (TPSA) is 33.2 Å². The first-order chi connectivity index (χ1) is 8.20. The van der Waals surface area contributed by atoms with Crippen LogP contribution in [0, 0.1) is 5.92 Å². The molecule has 1 fully saturated rings. The quantitative estimate of drug-likeness (QED) is 0.807. The molecule has 0 atom stereocenters. The highest BCUT2D eigenvalue weighted by Crippen LogP contribution is 2.30. The molecule has 4 heteroatoms. The zero-order chi connectivity index (χ0) is 12.3. The van der Waals surface area contributed by atoms with E-state index in [1.165, 1.54) is 12.8 Å². The molecule has 0 N–H and O–H groups in total. The van der Waals surface area contributed by atoms with E-state index in [1.54, 1.807) is 18.3 Å². The zero-order valence-corrected chi connectivity index (χ0v) is 10.8. The van der Waals surface area contributed by atoms with Gasteiger partial charge in [0, 0.05) is 24.3 Å². The van der Waals surface area contributed by atoms with Crippen LogP contribution in [-0.4, -0.2) is 28.9 Å². The molecule has 0 radical (unpaired) electrons. The summed E-state index contributed by atoms with van der Waals surface area (Å²) in [5, 5.41) is 0.561. The van der Waals surface area contributed by atoms with Crippen molar-refractivity contribution in [3.05, 3.63) is 29.0 Å². The van der Waals surface area contributed by atoms with Gasteiger partial charge < -0.3 is 4.90 Å². The van der Waals surface area contributed by atoms with Gasteiger partial charge in [0.15, 0.2) is 0 Å². The third kappa shape index (κ3) is 3.43. The predicted octanol–water partition coefficient (Wildman–Crippen LogP) is 3.00. The van der Waals surface area contributed by atoms with Crippen molar-refractivity contribution < 1.29 is 4.79 Å². The Kier molecular flexibility index (Phi) is 4.00. The van der Waals surface area contributed by atoms with E-state index in [0.29, 0.717) is 16.6 Å². The van der Waals surface area contributed by atoms with Gasteiger partial charge in [0.2, 0.25) is 0 Å². The molecular formula is C13H17ClN2O. The van der Waals surface area contributed by atoms with Gasteiger partial charge in [0.1, 0.15) is 5.69 Å². The first-order valence-electron chi connectivity index (χ1n) is 6.11. The minimum absolute atomic E-state index is 0.00116. The molecule has 1 aliphatic carbocycles. The van der Waals surface area contributed by atoms with E-state index in [9.17, 15) is 4.79 Å². The van der Waals surface area contributed by atoms with Crippen molar-refractivity contribution >= 4 is 17.5 Å². The SMILES string of the molecule is CCCN(CC1CC1)C(=O)c1cc(Cl)ccn1. The number of halogens is 1. The van der Waals surface area contributed by atoms with Crippen LogP contribution >= 0.6 is 11.6 Å². The van der Waals surface area contributed by atoms with Crippen LogP contribution < -0.4 is 0 Å². The molecule has 92 valence electrons. The number of nitrogens with zero attached hydrogens (tertiary/aromatic N) is 2. The van der Waals surface area contributed by atoms with Crippen LogP contribution in [0.15, 0.2) is 18.3 Å². The number of hydrogen-bond donors (Lipinski definition) is 0. The molecule has 1 aliphatic rings. The van der Waals surface area contributed by atoms with Crippen molar-refractivity contribution in [3.8, 4) is 0 Å². The number of amides is 1. The van der Waals surface area contributed by atoms with Gasteiger partial charge in [-0.2, -0.15) is 0 Å².